The predicted molar refractivity (Wildman–Crippen MR) is 62.0 cm³/mol. The van der Waals surface area contributed by atoms with Crippen LogP contribution in [0, 0.1) is 0 Å². The Morgan fingerprint density at radius 2 is 2.33 bits per heavy atom. The van der Waals surface area contributed by atoms with Gasteiger partial charge in [0.25, 0.3) is 0 Å². The molecule has 1 aromatic heterocycles. The van der Waals surface area contributed by atoms with Gasteiger partial charge in [-0.1, -0.05) is 0 Å². The lowest BCUT2D eigenvalue weighted by molar-refractivity contribution is 0.191. The number of nitrogens with one attached hydrogen (secondary N) is 1. The number of aromatic nitrogens is 1. The Morgan fingerprint density at radius 1 is 1.40 bits per heavy atom. The number of nitrogens with zero attached hydrogens (tertiary/aromatic N) is 2. The van der Waals surface area contributed by atoms with Crippen LogP contribution in [0.3, 0.4) is 0 Å². The zero-order chi connectivity index (χ0) is 10.1. The van der Waals surface area contributed by atoms with E-state index < -0.39 is 0 Å². The second-order valence-corrected chi connectivity index (χ2v) is 5.25. The molecule has 2 aliphatic heterocycles. The van der Waals surface area contributed by atoms with E-state index in [0.29, 0.717) is 0 Å². The molecule has 4 heteroatoms. The molecule has 0 aliphatic carbocycles. The van der Waals surface area contributed by atoms with Crippen LogP contribution in [-0.4, -0.2) is 35.1 Å². The zero-order valence-corrected chi connectivity index (χ0v) is 9.67. The molecule has 0 radical (unpaired) electrons. The van der Waals surface area contributed by atoms with Crippen molar-refractivity contribution >= 4 is 11.3 Å². The predicted octanol–water partition coefficient (Wildman–Crippen LogP) is 1.47. The molecule has 2 atom stereocenters. The molecule has 15 heavy (non-hydrogen) atoms. The van der Waals surface area contributed by atoms with Gasteiger partial charge in [0.1, 0.15) is 0 Å². The summed E-state index contributed by atoms with van der Waals surface area (Å²) >= 11 is 1.70. The van der Waals surface area contributed by atoms with Crippen molar-refractivity contribution in [1.29, 1.82) is 0 Å². The molecule has 1 aromatic rings. The largest absolute Gasteiger partial charge is 0.315 e. The molecule has 3 nitrogen and oxygen atoms in total. The van der Waals surface area contributed by atoms with E-state index >= 15 is 0 Å². The minimum absolute atomic E-state index is 0.749. The summed E-state index contributed by atoms with van der Waals surface area (Å²) in [4.78, 5) is 7.06. The molecule has 3 heterocycles. The van der Waals surface area contributed by atoms with E-state index in [1.54, 1.807) is 11.3 Å². The molecule has 0 amide bonds. The SMILES string of the molecule is c1nc(CN2C3CCNCC2CC3)cs1. The average molecular weight is 223 g/mol. The van der Waals surface area contributed by atoms with Crippen LogP contribution in [0.5, 0.6) is 0 Å². The standard InChI is InChI=1S/C11H17N3S/c1-2-11-5-12-4-3-10(1)14(11)6-9-7-15-8-13-9/h7-8,10-12H,1-6H2. The van der Waals surface area contributed by atoms with Crippen LogP contribution in [-0.2, 0) is 6.54 Å². The maximum atomic E-state index is 4.39. The van der Waals surface area contributed by atoms with Crippen molar-refractivity contribution in [2.75, 3.05) is 13.1 Å². The molecular weight excluding hydrogens is 206 g/mol. The lowest BCUT2D eigenvalue weighted by Crippen LogP contribution is -2.37. The third-order valence-corrected chi connectivity index (χ3v) is 4.27. The molecule has 0 spiro atoms. The molecule has 2 saturated heterocycles. The van der Waals surface area contributed by atoms with Gasteiger partial charge in [-0.2, -0.15) is 0 Å². The summed E-state index contributed by atoms with van der Waals surface area (Å²) in [6, 6.07) is 1.55. The highest BCUT2D eigenvalue weighted by molar-refractivity contribution is 7.07. The summed E-state index contributed by atoms with van der Waals surface area (Å²) in [5.41, 5.74) is 3.19. The van der Waals surface area contributed by atoms with Crippen LogP contribution in [0.25, 0.3) is 0 Å². The second-order valence-electron chi connectivity index (χ2n) is 4.53. The molecular formula is C11H17N3S. The smallest absolute Gasteiger partial charge is 0.0795 e. The topological polar surface area (TPSA) is 28.2 Å². The van der Waals surface area contributed by atoms with Gasteiger partial charge in [0.2, 0.25) is 0 Å². The second kappa shape index (κ2) is 4.20. The maximum Gasteiger partial charge on any atom is 0.0795 e. The lowest BCUT2D eigenvalue weighted by atomic mass is 10.1. The molecule has 2 fully saturated rings. The third-order valence-electron chi connectivity index (χ3n) is 3.63. The number of fused-ring (bicyclic) bond motifs is 2. The molecule has 0 aromatic carbocycles. The highest BCUT2D eigenvalue weighted by Crippen LogP contribution is 2.29. The van der Waals surface area contributed by atoms with Gasteiger partial charge in [0, 0.05) is 30.6 Å². The first-order chi connectivity index (χ1) is 7.43. The van der Waals surface area contributed by atoms with Crippen LogP contribution >= 0.6 is 11.3 Å². The highest BCUT2D eigenvalue weighted by atomic mass is 32.1. The number of hydrogen-bond acceptors (Lipinski definition) is 4. The van der Waals surface area contributed by atoms with Gasteiger partial charge >= 0.3 is 0 Å². The minimum Gasteiger partial charge on any atom is -0.315 e. The van der Waals surface area contributed by atoms with Gasteiger partial charge in [-0.25, -0.2) is 4.98 Å². The highest BCUT2D eigenvalue weighted by Gasteiger charge is 2.34. The Labute approximate surface area is 94.5 Å². The number of thiazole rings is 1. The van der Waals surface area contributed by atoms with Gasteiger partial charge in [0.15, 0.2) is 0 Å². The first kappa shape index (κ1) is 9.75. The Kier molecular flexibility index (Phi) is 2.73. The Balaban J connectivity index is 1.74. The summed E-state index contributed by atoms with van der Waals surface area (Å²) in [7, 11) is 0. The van der Waals surface area contributed by atoms with Crippen molar-refractivity contribution in [1.82, 2.24) is 15.2 Å². The van der Waals surface area contributed by atoms with Crippen molar-refractivity contribution in [2.24, 2.45) is 0 Å². The minimum atomic E-state index is 0.749. The number of hydrogen-bond donors (Lipinski definition) is 1. The normalized spacial score (nSPS) is 31.7. The van der Waals surface area contributed by atoms with Gasteiger partial charge in [-0.15, -0.1) is 11.3 Å². The van der Waals surface area contributed by atoms with Crippen LogP contribution in [0.1, 0.15) is 25.0 Å². The van der Waals surface area contributed by atoms with E-state index in [4.69, 9.17) is 0 Å². The van der Waals surface area contributed by atoms with E-state index in [0.717, 1.165) is 18.6 Å². The van der Waals surface area contributed by atoms with Crippen molar-refractivity contribution in [2.45, 2.75) is 37.9 Å². The Hall–Kier alpha value is -0.450. The Morgan fingerprint density at radius 3 is 3.20 bits per heavy atom. The molecule has 3 rings (SSSR count). The Bertz CT molecular complexity index is 298. The van der Waals surface area contributed by atoms with Gasteiger partial charge in [-0.05, 0) is 25.8 Å². The zero-order valence-electron chi connectivity index (χ0n) is 8.85. The van der Waals surface area contributed by atoms with E-state index in [1.165, 1.54) is 38.0 Å². The van der Waals surface area contributed by atoms with Crippen LogP contribution in [0.4, 0.5) is 0 Å². The third kappa shape index (κ3) is 1.94. The molecule has 82 valence electrons. The van der Waals surface area contributed by atoms with Crippen LogP contribution in [0.2, 0.25) is 0 Å². The van der Waals surface area contributed by atoms with Crippen molar-refractivity contribution < 1.29 is 0 Å². The summed E-state index contributed by atoms with van der Waals surface area (Å²) < 4.78 is 0. The van der Waals surface area contributed by atoms with E-state index in [9.17, 15) is 0 Å². The maximum absolute atomic E-state index is 4.39. The lowest BCUT2D eigenvalue weighted by Gasteiger charge is -2.26. The molecule has 2 bridgehead atoms. The summed E-state index contributed by atoms with van der Waals surface area (Å²) in [6.45, 7) is 3.41. The van der Waals surface area contributed by atoms with E-state index in [-0.39, 0.29) is 0 Å². The monoisotopic (exact) mass is 223 g/mol. The number of rotatable bonds is 2. The van der Waals surface area contributed by atoms with Gasteiger partial charge in [-0.3, -0.25) is 4.90 Å². The first-order valence-corrected chi connectivity index (χ1v) is 6.71. The quantitative estimate of drug-likeness (QED) is 0.823. The summed E-state index contributed by atoms with van der Waals surface area (Å²) in [5, 5.41) is 5.71. The van der Waals surface area contributed by atoms with Crippen LogP contribution in [0.15, 0.2) is 10.9 Å². The molecule has 0 saturated carbocycles. The van der Waals surface area contributed by atoms with Gasteiger partial charge in [0.05, 0.1) is 11.2 Å². The van der Waals surface area contributed by atoms with Crippen molar-refractivity contribution in [3.05, 3.63) is 16.6 Å². The molecule has 2 aliphatic rings. The van der Waals surface area contributed by atoms with Crippen LogP contribution < -0.4 is 5.32 Å². The molecule has 1 N–H and O–H groups in total. The van der Waals surface area contributed by atoms with Crippen molar-refractivity contribution in [3.8, 4) is 0 Å². The molecule has 2 unspecified atom stereocenters. The fourth-order valence-electron chi connectivity index (χ4n) is 2.84. The van der Waals surface area contributed by atoms with E-state index in [1.807, 2.05) is 5.51 Å². The fraction of sp³-hybridized carbons (Fsp3) is 0.727. The van der Waals surface area contributed by atoms with E-state index in [2.05, 4.69) is 20.6 Å². The fourth-order valence-corrected chi connectivity index (χ4v) is 3.39. The summed E-state index contributed by atoms with van der Waals surface area (Å²) in [6.07, 6.45) is 4.05. The van der Waals surface area contributed by atoms with Gasteiger partial charge < -0.3 is 5.32 Å². The average Bonchev–Trinajstić information content (AvgIpc) is 2.76. The first-order valence-electron chi connectivity index (χ1n) is 5.77. The van der Waals surface area contributed by atoms with Crippen molar-refractivity contribution in [3.63, 3.8) is 0 Å². The summed E-state index contributed by atoms with van der Waals surface area (Å²) in [5.74, 6) is 0.